The lowest BCUT2D eigenvalue weighted by Crippen LogP contribution is -2.30. The molecule has 0 aromatic carbocycles. The summed E-state index contributed by atoms with van der Waals surface area (Å²) in [5.74, 6) is 0. The van der Waals surface area contributed by atoms with Crippen molar-refractivity contribution in [2.45, 2.75) is 37.0 Å². The molecule has 0 aliphatic heterocycles. The largest absolute Gasteiger partial charge is 0.389 e. The van der Waals surface area contributed by atoms with Gasteiger partial charge >= 0.3 is 0 Å². The molecule has 0 aliphatic rings. The smallest absolute Gasteiger partial charge is 0.0726 e. The predicted molar refractivity (Wildman–Crippen MR) is 62.2 cm³/mol. The third kappa shape index (κ3) is 5.17. The van der Waals surface area contributed by atoms with Crippen LogP contribution in [0.5, 0.6) is 0 Å². The van der Waals surface area contributed by atoms with Crippen molar-refractivity contribution < 1.29 is 5.11 Å². The van der Waals surface area contributed by atoms with Gasteiger partial charge in [0.2, 0.25) is 0 Å². The third-order valence-corrected chi connectivity index (χ3v) is 3.09. The Morgan fingerprint density at radius 2 is 1.85 bits per heavy atom. The lowest BCUT2D eigenvalue weighted by atomic mass is 9.90. The zero-order chi connectivity index (χ0) is 10.3. The van der Waals surface area contributed by atoms with E-state index in [4.69, 9.17) is 0 Å². The highest BCUT2D eigenvalue weighted by Gasteiger charge is 2.25. The van der Waals surface area contributed by atoms with Crippen molar-refractivity contribution in [3.8, 4) is 0 Å². The lowest BCUT2D eigenvalue weighted by Gasteiger charge is -2.28. The molecule has 0 spiro atoms. The first-order valence-electron chi connectivity index (χ1n) is 4.55. The third-order valence-electron chi connectivity index (χ3n) is 2.12. The van der Waals surface area contributed by atoms with Crippen LogP contribution < -0.4 is 0 Å². The second kappa shape index (κ2) is 6.28. The fraction of sp³-hybridized carbons (Fsp3) is 0.636. The van der Waals surface area contributed by atoms with Gasteiger partial charge in [0.15, 0.2) is 0 Å². The molecule has 0 bridgehead atoms. The molecule has 76 valence electrons. The van der Waals surface area contributed by atoms with E-state index in [2.05, 4.69) is 26.3 Å². The molecule has 1 N–H and O–H groups in total. The summed E-state index contributed by atoms with van der Waals surface area (Å²) >= 11 is 1.77. The summed E-state index contributed by atoms with van der Waals surface area (Å²) in [5, 5.41) is 10.6. The van der Waals surface area contributed by atoms with Gasteiger partial charge < -0.3 is 5.11 Å². The molecule has 0 aromatic rings. The van der Waals surface area contributed by atoms with Gasteiger partial charge in [-0.3, -0.25) is 0 Å². The van der Waals surface area contributed by atoms with E-state index in [1.165, 1.54) is 0 Å². The molecule has 13 heavy (non-hydrogen) atoms. The van der Waals surface area contributed by atoms with Crippen LogP contribution in [0.1, 0.15) is 26.2 Å². The summed E-state index contributed by atoms with van der Waals surface area (Å²) in [6.07, 6.45) is 7.69. The number of thioether (sulfide) groups is 1. The summed E-state index contributed by atoms with van der Waals surface area (Å²) in [5.41, 5.74) is -0.633. The molecule has 1 unspecified atom stereocenters. The minimum absolute atomic E-state index is 0.477. The maximum Gasteiger partial charge on any atom is 0.0726 e. The standard InChI is InChI=1S/C11H20OS/c1-5-7-11(12,8-6-2)9-10(3)13-4/h5-6,10,12H,1-2,7-9H2,3-4H3. The van der Waals surface area contributed by atoms with Crippen molar-refractivity contribution in [1.82, 2.24) is 0 Å². The fourth-order valence-corrected chi connectivity index (χ4v) is 1.88. The second-order valence-electron chi connectivity index (χ2n) is 3.46. The quantitative estimate of drug-likeness (QED) is 0.637. The number of rotatable bonds is 7. The summed E-state index contributed by atoms with van der Waals surface area (Å²) in [4.78, 5) is 0. The normalized spacial score (nSPS) is 13.8. The van der Waals surface area contributed by atoms with Crippen LogP contribution in [0.2, 0.25) is 0 Å². The van der Waals surface area contributed by atoms with Crippen LogP contribution in [0, 0.1) is 0 Å². The summed E-state index contributed by atoms with van der Waals surface area (Å²) in [6, 6.07) is 0. The molecule has 0 saturated carbocycles. The SMILES string of the molecule is C=CCC(O)(CC=C)CC(C)SC. The maximum absolute atomic E-state index is 10.2. The van der Waals surface area contributed by atoms with E-state index in [1.54, 1.807) is 23.9 Å². The van der Waals surface area contributed by atoms with E-state index in [0.29, 0.717) is 18.1 Å². The number of aliphatic hydroxyl groups is 1. The molecule has 0 radical (unpaired) electrons. The van der Waals surface area contributed by atoms with Gasteiger partial charge in [-0.15, -0.1) is 13.2 Å². The zero-order valence-electron chi connectivity index (χ0n) is 8.62. The molecule has 0 amide bonds. The van der Waals surface area contributed by atoms with E-state index >= 15 is 0 Å². The van der Waals surface area contributed by atoms with Crippen molar-refractivity contribution in [1.29, 1.82) is 0 Å². The lowest BCUT2D eigenvalue weighted by molar-refractivity contribution is 0.0382. The van der Waals surface area contributed by atoms with Crippen molar-refractivity contribution >= 4 is 11.8 Å². The Hall–Kier alpha value is -0.210. The highest BCUT2D eigenvalue weighted by atomic mass is 32.2. The van der Waals surface area contributed by atoms with Crippen LogP contribution >= 0.6 is 11.8 Å². The Morgan fingerprint density at radius 1 is 1.38 bits per heavy atom. The summed E-state index contributed by atoms with van der Waals surface area (Å²) in [6.45, 7) is 9.45. The van der Waals surface area contributed by atoms with Crippen LogP contribution in [0.3, 0.4) is 0 Å². The van der Waals surface area contributed by atoms with Gasteiger partial charge in [0, 0.05) is 5.25 Å². The van der Waals surface area contributed by atoms with Gasteiger partial charge in [-0.05, 0) is 25.5 Å². The average Bonchev–Trinajstić information content (AvgIpc) is 2.04. The summed E-state index contributed by atoms with van der Waals surface area (Å²) < 4.78 is 0. The Balaban J connectivity index is 4.20. The van der Waals surface area contributed by atoms with Crippen LogP contribution in [0.25, 0.3) is 0 Å². The molecule has 0 fully saturated rings. The van der Waals surface area contributed by atoms with Crippen molar-refractivity contribution in [2.75, 3.05) is 6.26 Å². The molecule has 1 atom stereocenters. The average molecular weight is 200 g/mol. The Morgan fingerprint density at radius 3 is 2.15 bits per heavy atom. The first-order valence-corrected chi connectivity index (χ1v) is 5.83. The highest BCUT2D eigenvalue weighted by molar-refractivity contribution is 7.99. The van der Waals surface area contributed by atoms with Gasteiger partial charge in [-0.1, -0.05) is 19.1 Å². The van der Waals surface area contributed by atoms with E-state index in [1.807, 2.05) is 0 Å². The molecule has 0 rings (SSSR count). The van der Waals surface area contributed by atoms with E-state index < -0.39 is 5.60 Å². The maximum atomic E-state index is 10.2. The molecule has 0 aromatic heterocycles. The molecular weight excluding hydrogens is 180 g/mol. The van der Waals surface area contributed by atoms with Crippen LogP contribution in [0.4, 0.5) is 0 Å². The van der Waals surface area contributed by atoms with Gasteiger partial charge in [-0.2, -0.15) is 11.8 Å². The van der Waals surface area contributed by atoms with E-state index in [-0.39, 0.29) is 0 Å². The van der Waals surface area contributed by atoms with Crippen LogP contribution in [0.15, 0.2) is 25.3 Å². The fourth-order valence-electron chi connectivity index (χ4n) is 1.41. The Bertz CT molecular complexity index is 155. The molecule has 1 nitrogen and oxygen atoms in total. The van der Waals surface area contributed by atoms with Gasteiger partial charge in [0.05, 0.1) is 5.60 Å². The van der Waals surface area contributed by atoms with Gasteiger partial charge in [0.1, 0.15) is 0 Å². The first kappa shape index (κ1) is 12.8. The second-order valence-corrected chi connectivity index (χ2v) is 4.74. The Labute approximate surface area is 85.9 Å². The monoisotopic (exact) mass is 200 g/mol. The Kier molecular flexibility index (Phi) is 6.17. The predicted octanol–water partition coefficient (Wildman–Crippen LogP) is 3.01. The molecule has 2 heteroatoms. The molecule has 0 heterocycles. The van der Waals surface area contributed by atoms with Crippen molar-refractivity contribution in [3.05, 3.63) is 25.3 Å². The number of hydrogen-bond donors (Lipinski definition) is 1. The van der Waals surface area contributed by atoms with Crippen LogP contribution in [-0.2, 0) is 0 Å². The minimum Gasteiger partial charge on any atom is -0.389 e. The van der Waals surface area contributed by atoms with Crippen LogP contribution in [-0.4, -0.2) is 22.2 Å². The molecular formula is C11H20OS. The number of hydrogen-bond acceptors (Lipinski definition) is 2. The van der Waals surface area contributed by atoms with Crippen molar-refractivity contribution in [2.24, 2.45) is 0 Å². The van der Waals surface area contributed by atoms with E-state index in [9.17, 15) is 5.11 Å². The highest BCUT2D eigenvalue weighted by Crippen LogP contribution is 2.26. The molecule has 0 aliphatic carbocycles. The summed E-state index contributed by atoms with van der Waals surface area (Å²) in [7, 11) is 0. The zero-order valence-corrected chi connectivity index (χ0v) is 9.44. The first-order chi connectivity index (χ1) is 6.08. The van der Waals surface area contributed by atoms with Gasteiger partial charge in [0.25, 0.3) is 0 Å². The van der Waals surface area contributed by atoms with Gasteiger partial charge in [-0.25, -0.2) is 0 Å². The van der Waals surface area contributed by atoms with E-state index in [0.717, 1.165) is 6.42 Å². The minimum atomic E-state index is -0.633. The van der Waals surface area contributed by atoms with Crippen molar-refractivity contribution in [3.63, 3.8) is 0 Å². The topological polar surface area (TPSA) is 20.2 Å². The molecule has 0 saturated heterocycles.